The van der Waals surface area contributed by atoms with Crippen LogP contribution >= 0.6 is 24.0 Å². The number of nitrogens with two attached hydrogens (primary N) is 1. The molecule has 3 nitrogen and oxygen atoms in total. The first kappa shape index (κ1) is 16.6. The van der Waals surface area contributed by atoms with Crippen molar-refractivity contribution in [2.75, 3.05) is 0 Å². The molecule has 0 bridgehead atoms. The van der Waals surface area contributed by atoms with Gasteiger partial charge in [-0.2, -0.15) is 0 Å². The van der Waals surface area contributed by atoms with E-state index in [1.165, 1.54) is 17.5 Å². The van der Waals surface area contributed by atoms with E-state index in [9.17, 15) is 4.79 Å². The number of carbonyl (C=O) groups excluding carboxylic acids is 1. The van der Waals surface area contributed by atoms with Crippen LogP contribution in [0.5, 0.6) is 0 Å². The molecule has 0 radical (unpaired) electrons. The molecule has 1 fully saturated rings. The summed E-state index contributed by atoms with van der Waals surface area (Å²) >= 11 is 6.01. The molecule has 2 aliphatic carbocycles. The topological polar surface area (TPSA) is 55.1 Å². The highest BCUT2D eigenvalue weighted by Crippen LogP contribution is 2.34. The van der Waals surface area contributed by atoms with Crippen molar-refractivity contribution < 1.29 is 4.79 Å². The maximum absolute atomic E-state index is 12.5. The number of hydrogen-bond acceptors (Lipinski definition) is 2. The third-order valence-electron chi connectivity index (χ3n) is 4.69. The zero-order chi connectivity index (χ0) is 14.2. The predicted octanol–water partition coefficient (Wildman–Crippen LogP) is 3.53. The van der Waals surface area contributed by atoms with Crippen molar-refractivity contribution in [3.05, 3.63) is 34.3 Å². The minimum Gasteiger partial charge on any atom is -0.348 e. The zero-order valence-corrected chi connectivity index (χ0v) is 13.6. The largest absolute Gasteiger partial charge is 0.348 e. The lowest BCUT2D eigenvalue weighted by Gasteiger charge is -2.33. The fraction of sp³-hybridized carbons (Fsp3) is 0.562. The van der Waals surface area contributed by atoms with Crippen LogP contribution in [0.3, 0.4) is 0 Å². The van der Waals surface area contributed by atoms with Crippen molar-refractivity contribution in [2.45, 2.75) is 56.5 Å². The van der Waals surface area contributed by atoms with Crippen LogP contribution in [0.15, 0.2) is 18.2 Å². The van der Waals surface area contributed by atoms with Gasteiger partial charge < -0.3 is 11.1 Å². The summed E-state index contributed by atoms with van der Waals surface area (Å²) in [5.41, 5.74) is 8.08. The van der Waals surface area contributed by atoms with Crippen LogP contribution < -0.4 is 11.1 Å². The van der Waals surface area contributed by atoms with E-state index in [4.69, 9.17) is 17.3 Å². The molecule has 1 unspecified atom stereocenters. The van der Waals surface area contributed by atoms with Gasteiger partial charge in [0, 0.05) is 5.02 Å². The second-order valence-corrected chi connectivity index (χ2v) is 6.56. The van der Waals surface area contributed by atoms with Gasteiger partial charge in [-0.05, 0) is 48.9 Å². The summed E-state index contributed by atoms with van der Waals surface area (Å²) in [5, 5.41) is 3.92. The molecule has 0 aromatic heterocycles. The van der Waals surface area contributed by atoms with E-state index in [0.29, 0.717) is 0 Å². The van der Waals surface area contributed by atoms with E-state index >= 15 is 0 Å². The summed E-state index contributed by atoms with van der Waals surface area (Å²) < 4.78 is 0. The molecular weight excluding hydrogens is 307 g/mol. The van der Waals surface area contributed by atoms with E-state index in [0.717, 1.165) is 43.5 Å². The molecule has 5 heteroatoms. The number of hydrogen-bond donors (Lipinski definition) is 2. The molecule has 3 rings (SSSR count). The minimum absolute atomic E-state index is 0. The number of carbonyl (C=O) groups is 1. The van der Waals surface area contributed by atoms with Gasteiger partial charge in [-0.3, -0.25) is 4.79 Å². The lowest BCUT2D eigenvalue weighted by atomic mass is 9.81. The van der Waals surface area contributed by atoms with Crippen molar-refractivity contribution in [3.63, 3.8) is 0 Å². The number of benzene rings is 1. The maximum Gasteiger partial charge on any atom is 0.240 e. The number of rotatable bonds is 2. The van der Waals surface area contributed by atoms with Gasteiger partial charge in [-0.25, -0.2) is 0 Å². The molecular formula is C16H22Cl2N2O. The number of nitrogens with one attached hydrogen (secondary N) is 1. The molecule has 0 saturated heterocycles. The Morgan fingerprint density at radius 2 is 2.00 bits per heavy atom. The fourth-order valence-corrected chi connectivity index (χ4v) is 3.64. The van der Waals surface area contributed by atoms with Crippen molar-refractivity contribution in [1.29, 1.82) is 0 Å². The van der Waals surface area contributed by atoms with Crippen LogP contribution in [0, 0.1) is 0 Å². The normalized spacial score (nSPS) is 23.0. The Hall–Kier alpha value is -0.770. The summed E-state index contributed by atoms with van der Waals surface area (Å²) in [7, 11) is 0. The molecule has 1 amide bonds. The highest BCUT2D eigenvalue weighted by atomic mass is 35.5. The van der Waals surface area contributed by atoms with E-state index in [1.54, 1.807) is 0 Å². The van der Waals surface area contributed by atoms with Crippen LogP contribution in [0.4, 0.5) is 0 Å². The van der Waals surface area contributed by atoms with Gasteiger partial charge in [0.2, 0.25) is 5.91 Å². The maximum atomic E-state index is 12.5. The molecule has 0 heterocycles. The van der Waals surface area contributed by atoms with Crippen LogP contribution in [-0.2, 0) is 11.2 Å². The lowest BCUT2D eigenvalue weighted by molar-refractivity contribution is -0.128. The van der Waals surface area contributed by atoms with E-state index in [2.05, 4.69) is 5.32 Å². The van der Waals surface area contributed by atoms with Crippen molar-refractivity contribution in [1.82, 2.24) is 5.32 Å². The number of halogens is 2. The molecule has 2 aliphatic rings. The van der Waals surface area contributed by atoms with Crippen molar-refractivity contribution >= 4 is 29.9 Å². The molecule has 0 aliphatic heterocycles. The Kier molecular flexibility index (Phi) is 5.18. The Morgan fingerprint density at radius 3 is 2.71 bits per heavy atom. The van der Waals surface area contributed by atoms with Gasteiger partial charge in [0.25, 0.3) is 0 Å². The van der Waals surface area contributed by atoms with E-state index < -0.39 is 5.54 Å². The van der Waals surface area contributed by atoms with E-state index in [1.807, 2.05) is 18.2 Å². The molecule has 116 valence electrons. The van der Waals surface area contributed by atoms with Crippen LogP contribution in [0.25, 0.3) is 0 Å². The summed E-state index contributed by atoms with van der Waals surface area (Å²) in [4.78, 5) is 12.5. The Balaban J connectivity index is 0.00000161. The standard InChI is InChI=1S/C16H21ClN2O.ClH/c17-12-5-6-13-11(10-12)4-7-14(13)19-15(20)16(18)8-2-1-3-9-16;/h5-6,10,14H,1-4,7-9,18H2,(H,19,20);1H. The minimum atomic E-state index is -0.659. The second-order valence-electron chi connectivity index (χ2n) is 6.12. The van der Waals surface area contributed by atoms with Gasteiger partial charge in [0.15, 0.2) is 0 Å². The quantitative estimate of drug-likeness (QED) is 0.872. The van der Waals surface area contributed by atoms with Crippen LogP contribution in [-0.4, -0.2) is 11.4 Å². The fourth-order valence-electron chi connectivity index (χ4n) is 3.45. The summed E-state index contributed by atoms with van der Waals surface area (Å²) in [5.74, 6) is 0.0185. The average molecular weight is 329 g/mol. The zero-order valence-electron chi connectivity index (χ0n) is 12.0. The highest BCUT2D eigenvalue weighted by Gasteiger charge is 2.37. The molecule has 0 spiro atoms. The Bertz CT molecular complexity index is 527. The van der Waals surface area contributed by atoms with Crippen LogP contribution in [0.2, 0.25) is 5.02 Å². The number of fused-ring (bicyclic) bond motifs is 1. The second kappa shape index (κ2) is 6.55. The summed E-state index contributed by atoms with van der Waals surface area (Å²) in [6.07, 6.45) is 6.83. The first-order valence-electron chi connectivity index (χ1n) is 7.47. The van der Waals surface area contributed by atoms with E-state index in [-0.39, 0.29) is 24.4 Å². The molecule has 1 aromatic rings. The highest BCUT2D eigenvalue weighted by molar-refractivity contribution is 6.30. The van der Waals surface area contributed by atoms with Crippen molar-refractivity contribution in [3.8, 4) is 0 Å². The first-order valence-corrected chi connectivity index (χ1v) is 7.84. The van der Waals surface area contributed by atoms with Crippen molar-refractivity contribution in [2.24, 2.45) is 5.73 Å². The van der Waals surface area contributed by atoms with Crippen LogP contribution in [0.1, 0.15) is 55.7 Å². The SMILES string of the molecule is Cl.NC1(C(=O)NC2CCc3cc(Cl)ccc32)CCCCC1. The number of amides is 1. The molecule has 1 aromatic carbocycles. The smallest absolute Gasteiger partial charge is 0.240 e. The third-order valence-corrected chi connectivity index (χ3v) is 4.92. The van der Waals surface area contributed by atoms with Gasteiger partial charge in [-0.15, -0.1) is 12.4 Å². The molecule has 21 heavy (non-hydrogen) atoms. The summed E-state index contributed by atoms with van der Waals surface area (Å²) in [6, 6.07) is 6.02. The average Bonchev–Trinajstić information content (AvgIpc) is 2.82. The molecule has 1 saturated carbocycles. The Labute approximate surface area is 137 Å². The van der Waals surface area contributed by atoms with Gasteiger partial charge >= 0.3 is 0 Å². The lowest BCUT2D eigenvalue weighted by Crippen LogP contribution is -2.55. The van der Waals surface area contributed by atoms with Gasteiger partial charge in [0.05, 0.1) is 11.6 Å². The number of aryl methyl sites for hydroxylation is 1. The monoisotopic (exact) mass is 328 g/mol. The van der Waals surface area contributed by atoms with Gasteiger partial charge in [0.1, 0.15) is 0 Å². The molecule has 3 N–H and O–H groups in total. The molecule has 1 atom stereocenters. The Morgan fingerprint density at radius 1 is 1.29 bits per heavy atom. The predicted molar refractivity (Wildman–Crippen MR) is 87.9 cm³/mol. The third kappa shape index (κ3) is 3.36. The van der Waals surface area contributed by atoms with Gasteiger partial charge in [-0.1, -0.05) is 36.9 Å². The summed E-state index contributed by atoms with van der Waals surface area (Å²) in [6.45, 7) is 0. The first-order chi connectivity index (χ1) is 9.58.